The number of thioether (sulfide) groups is 1. The Hall–Kier alpha value is -0.830. The van der Waals surface area contributed by atoms with Crippen molar-refractivity contribution in [2.75, 3.05) is 37.5 Å². The third kappa shape index (κ3) is 3.68. The summed E-state index contributed by atoms with van der Waals surface area (Å²) in [5.41, 5.74) is 5.79. The Labute approximate surface area is 128 Å². The monoisotopic (exact) mass is 334 g/mol. The van der Waals surface area contributed by atoms with Crippen LogP contribution in [-0.2, 0) is 14.8 Å². The Balaban J connectivity index is 2.38. The largest absolute Gasteiger partial charge is 0.398 e. The van der Waals surface area contributed by atoms with Gasteiger partial charge in [-0.1, -0.05) is 0 Å². The van der Waals surface area contributed by atoms with E-state index in [1.807, 2.05) is 0 Å². The van der Waals surface area contributed by atoms with Crippen molar-refractivity contribution in [2.24, 2.45) is 0 Å². The van der Waals surface area contributed by atoms with Crippen LogP contribution >= 0.6 is 11.8 Å². The predicted octanol–water partition coefficient (Wildman–Crippen LogP) is 1.55. The van der Waals surface area contributed by atoms with Crippen molar-refractivity contribution in [3.63, 3.8) is 0 Å². The normalized spacial score (nSPS) is 19.3. The molecular weight excluding hydrogens is 315 g/mol. The molecule has 0 spiro atoms. The van der Waals surface area contributed by atoms with E-state index in [-0.39, 0.29) is 29.8 Å². The number of methoxy groups -OCH3 is 1. The average molecular weight is 334 g/mol. The molecule has 118 valence electrons. The second-order valence-electron chi connectivity index (χ2n) is 4.81. The van der Waals surface area contributed by atoms with Crippen LogP contribution in [-0.4, -0.2) is 50.5 Å². The summed E-state index contributed by atoms with van der Waals surface area (Å²) in [7, 11) is -2.32. The summed E-state index contributed by atoms with van der Waals surface area (Å²) in [5.74, 6) is 1.04. The van der Waals surface area contributed by atoms with E-state index in [9.17, 15) is 12.8 Å². The lowest BCUT2D eigenvalue weighted by Gasteiger charge is -2.27. The summed E-state index contributed by atoms with van der Waals surface area (Å²) < 4.78 is 45.4. The van der Waals surface area contributed by atoms with Gasteiger partial charge in [-0.3, -0.25) is 0 Å². The van der Waals surface area contributed by atoms with E-state index >= 15 is 0 Å². The quantitative estimate of drug-likeness (QED) is 0.799. The highest BCUT2D eigenvalue weighted by Crippen LogP contribution is 2.30. The smallest absolute Gasteiger partial charge is 0.245 e. The van der Waals surface area contributed by atoms with Gasteiger partial charge in [0, 0.05) is 25.4 Å². The van der Waals surface area contributed by atoms with Crippen LogP contribution in [0.5, 0.6) is 0 Å². The van der Waals surface area contributed by atoms with Crippen LogP contribution in [0.4, 0.5) is 10.1 Å². The van der Waals surface area contributed by atoms with E-state index in [1.165, 1.54) is 17.5 Å². The van der Waals surface area contributed by atoms with Crippen molar-refractivity contribution in [3.05, 3.63) is 24.0 Å². The summed E-state index contributed by atoms with van der Waals surface area (Å²) in [6.07, 6.45) is 0.781. The topological polar surface area (TPSA) is 72.6 Å². The van der Waals surface area contributed by atoms with Gasteiger partial charge in [-0.25, -0.2) is 12.8 Å². The molecule has 0 saturated carbocycles. The van der Waals surface area contributed by atoms with Gasteiger partial charge in [-0.05, 0) is 30.4 Å². The number of rotatable bonds is 6. The van der Waals surface area contributed by atoms with E-state index < -0.39 is 15.8 Å². The first-order valence-electron chi connectivity index (χ1n) is 6.60. The van der Waals surface area contributed by atoms with Crippen molar-refractivity contribution < 1.29 is 17.5 Å². The second kappa shape index (κ2) is 6.95. The van der Waals surface area contributed by atoms with Gasteiger partial charge < -0.3 is 10.5 Å². The molecule has 1 saturated heterocycles. The highest BCUT2D eigenvalue weighted by Gasteiger charge is 2.34. The van der Waals surface area contributed by atoms with Crippen molar-refractivity contribution in [1.29, 1.82) is 0 Å². The Kier molecular flexibility index (Phi) is 5.48. The Morgan fingerprint density at radius 2 is 2.29 bits per heavy atom. The molecule has 21 heavy (non-hydrogen) atoms. The molecule has 0 radical (unpaired) electrons. The SMILES string of the molecule is COCCN(C1CCSC1)S(=O)(=O)c1cc(F)ccc1N. The molecule has 1 aromatic carbocycles. The number of nitrogens with zero attached hydrogens (tertiary/aromatic N) is 1. The first-order chi connectivity index (χ1) is 9.96. The number of benzene rings is 1. The summed E-state index contributed by atoms with van der Waals surface area (Å²) in [6.45, 7) is 0.523. The van der Waals surface area contributed by atoms with Gasteiger partial charge >= 0.3 is 0 Å². The number of hydrogen-bond acceptors (Lipinski definition) is 5. The third-order valence-electron chi connectivity index (χ3n) is 3.39. The molecule has 1 aromatic rings. The summed E-state index contributed by atoms with van der Waals surface area (Å²) in [5, 5.41) is 0. The molecule has 5 nitrogen and oxygen atoms in total. The van der Waals surface area contributed by atoms with E-state index in [0.717, 1.165) is 30.1 Å². The van der Waals surface area contributed by atoms with Gasteiger partial charge in [-0.2, -0.15) is 16.1 Å². The van der Waals surface area contributed by atoms with Gasteiger partial charge in [-0.15, -0.1) is 0 Å². The van der Waals surface area contributed by atoms with Gasteiger partial charge in [0.25, 0.3) is 0 Å². The molecule has 2 rings (SSSR count). The Morgan fingerprint density at radius 3 is 2.90 bits per heavy atom. The van der Waals surface area contributed by atoms with Crippen LogP contribution in [0, 0.1) is 5.82 Å². The average Bonchev–Trinajstić information content (AvgIpc) is 2.95. The number of anilines is 1. The van der Waals surface area contributed by atoms with Crippen LogP contribution in [0.2, 0.25) is 0 Å². The summed E-state index contributed by atoms with van der Waals surface area (Å²) >= 11 is 1.71. The molecule has 1 aliphatic heterocycles. The molecule has 1 atom stereocenters. The molecule has 8 heteroatoms. The van der Waals surface area contributed by atoms with Crippen molar-refractivity contribution in [1.82, 2.24) is 4.31 Å². The zero-order valence-corrected chi connectivity index (χ0v) is 13.4. The van der Waals surface area contributed by atoms with Gasteiger partial charge in [0.15, 0.2) is 0 Å². The fourth-order valence-corrected chi connectivity index (χ4v) is 5.37. The second-order valence-corrected chi connectivity index (χ2v) is 7.82. The summed E-state index contributed by atoms with van der Waals surface area (Å²) in [6, 6.07) is 3.31. The molecule has 0 aromatic heterocycles. The Morgan fingerprint density at radius 1 is 1.52 bits per heavy atom. The Bertz CT molecular complexity index is 589. The minimum absolute atomic E-state index is 0.0597. The maximum atomic E-state index is 13.4. The fraction of sp³-hybridized carbons (Fsp3) is 0.538. The van der Waals surface area contributed by atoms with Crippen LogP contribution in [0.15, 0.2) is 23.1 Å². The number of ether oxygens (including phenoxy) is 1. The molecule has 0 bridgehead atoms. The molecule has 1 fully saturated rings. The fourth-order valence-electron chi connectivity index (χ4n) is 2.29. The van der Waals surface area contributed by atoms with E-state index in [2.05, 4.69) is 0 Å². The highest BCUT2D eigenvalue weighted by molar-refractivity contribution is 7.99. The van der Waals surface area contributed by atoms with E-state index in [0.29, 0.717) is 0 Å². The van der Waals surface area contributed by atoms with Gasteiger partial charge in [0.05, 0.1) is 12.3 Å². The molecule has 1 aliphatic rings. The number of nitrogens with two attached hydrogens (primary N) is 1. The molecule has 2 N–H and O–H groups in total. The van der Waals surface area contributed by atoms with Crippen LogP contribution < -0.4 is 5.73 Å². The first kappa shape index (κ1) is 16.5. The van der Waals surface area contributed by atoms with Crippen molar-refractivity contribution in [3.8, 4) is 0 Å². The number of nitrogen functional groups attached to an aromatic ring is 1. The molecule has 0 aliphatic carbocycles. The van der Waals surface area contributed by atoms with Crippen molar-refractivity contribution in [2.45, 2.75) is 17.4 Å². The summed E-state index contributed by atoms with van der Waals surface area (Å²) in [4.78, 5) is -0.171. The lowest BCUT2D eigenvalue weighted by Crippen LogP contribution is -2.42. The van der Waals surface area contributed by atoms with Crippen LogP contribution in [0.25, 0.3) is 0 Å². The molecule has 1 unspecified atom stereocenters. The molecule has 1 heterocycles. The standard InChI is InChI=1S/C13H19FN2O3S2/c1-19-6-5-16(11-4-7-20-9-11)21(17,18)13-8-10(14)2-3-12(13)15/h2-3,8,11H,4-7,9,15H2,1H3. The lowest BCUT2D eigenvalue weighted by molar-refractivity contribution is 0.169. The van der Waals surface area contributed by atoms with E-state index in [1.54, 1.807) is 11.8 Å². The maximum Gasteiger partial charge on any atom is 0.245 e. The van der Waals surface area contributed by atoms with Crippen molar-refractivity contribution >= 4 is 27.5 Å². The number of sulfonamides is 1. The third-order valence-corrected chi connectivity index (χ3v) is 6.54. The molecular formula is C13H19FN2O3S2. The number of halogens is 1. The van der Waals surface area contributed by atoms with Gasteiger partial charge in [0.2, 0.25) is 10.0 Å². The lowest BCUT2D eigenvalue weighted by atomic mass is 10.3. The predicted molar refractivity (Wildman–Crippen MR) is 82.3 cm³/mol. The maximum absolute atomic E-state index is 13.4. The molecule has 0 amide bonds. The van der Waals surface area contributed by atoms with Gasteiger partial charge in [0.1, 0.15) is 10.7 Å². The highest BCUT2D eigenvalue weighted by atomic mass is 32.2. The first-order valence-corrected chi connectivity index (χ1v) is 9.20. The zero-order valence-electron chi connectivity index (χ0n) is 11.8. The minimum atomic E-state index is -3.83. The minimum Gasteiger partial charge on any atom is -0.398 e. The van der Waals surface area contributed by atoms with Crippen LogP contribution in [0.3, 0.4) is 0 Å². The van der Waals surface area contributed by atoms with E-state index in [4.69, 9.17) is 10.5 Å². The van der Waals surface area contributed by atoms with Crippen LogP contribution in [0.1, 0.15) is 6.42 Å². The zero-order chi connectivity index (χ0) is 15.5. The number of hydrogen-bond donors (Lipinski definition) is 1.